The van der Waals surface area contributed by atoms with Gasteiger partial charge >= 0.3 is 0 Å². The van der Waals surface area contributed by atoms with Gasteiger partial charge in [0.1, 0.15) is 5.78 Å². The Bertz CT molecular complexity index is 232. The Morgan fingerprint density at radius 2 is 1.93 bits per heavy atom. The zero-order valence-corrected chi connectivity index (χ0v) is 8.76. The molecule has 1 amide bonds. The normalized spacial score (nSPS) is 20.1. The number of ketones is 1. The van der Waals surface area contributed by atoms with Crippen molar-refractivity contribution in [1.82, 2.24) is 5.32 Å². The van der Waals surface area contributed by atoms with Crippen molar-refractivity contribution in [2.75, 3.05) is 13.2 Å². The van der Waals surface area contributed by atoms with Crippen molar-refractivity contribution in [1.29, 1.82) is 0 Å². The Hall–Kier alpha value is -0.900. The summed E-state index contributed by atoms with van der Waals surface area (Å²) in [4.78, 5) is 22.1. The van der Waals surface area contributed by atoms with Gasteiger partial charge in [0, 0.05) is 18.8 Å². The summed E-state index contributed by atoms with van der Waals surface area (Å²) in [7, 11) is 0. The van der Waals surface area contributed by atoms with Crippen LogP contribution in [0.25, 0.3) is 0 Å². The van der Waals surface area contributed by atoms with Gasteiger partial charge in [0.15, 0.2) is 0 Å². The van der Waals surface area contributed by atoms with Gasteiger partial charge in [0.2, 0.25) is 5.91 Å². The second-order valence-corrected chi connectivity index (χ2v) is 4.10. The number of rotatable bonds is 3. The molecule has 0 unspecified atom stereocenters. The molecule has 14 heavy (non-hydrogen) atoms. The topological polar surface area (TPSA) is 55.4 Å². The van der Waals surface area contributed by atoms with Crippen LogP contribution in [0.2, 0.25) is 0 Å². The van der Waals surface area contributed by atoms with Gasteiger partial charge < -0.3 is 10.1 Å². The zero-order valence-electron chi connectivity index (χ0n) is 8.76. The van der Waals surface area contributed by atoms with Gasteiger partial charge in [-0.05, 0) is 26.7 Å². The Balaban J connectivity index is 2.41. The van der Waals surface area contributed by atoms with Crippen LogP contribution < -0.4 is 5.32 Å². The molecular formula is C10H17NO3. The van der Waals surface area contributed by atoms with Crippen molar-refractivity contribution in [2.24, 2.45) is 0 Å². The SMILES string of the molecule is CC(=O)CC(=O)NC1(C)CCOCC1. The lowest BCUT2D eigenvalue weighted by Crippen LogP contribution is -2.49. The molecule has 0 radical (unpaired) electrons. The Morgan fingerprint density at radius 1 is 1.36 bits per heavy atom. The second kappa shape index (κ2) is 4.55. The zero-order chi connectivity index (χ0) is 10.6. The smallest absolute Gasteiger partial charge is 0.227 e. The minimum absolute atomic E-state index is 0.0174. The molecule has 1 aliphatic rings. The van der Waals surface area contributed by atoms with Crippen LogP contribution in [0.5, 0.6) is 0 Å². The summed E-state index contributed by atoms with van der Waals surface area (Å²) in [6, 6.07) is 0. The van der Waals surface area contributed by atoms with Gasteiger partial charge in [-0.25, -0.2) is 0 Å². The van der Waals surface area contributed by atoms with Gasteiger partial charge in [0.25, 0.3) is 0 Å². The van der Waals surface area contributed by atoms with Crippen LogP contribution in [-0.2, 0) is 14.3 Å². The number of carbonyl (C=O) groups excluding carboxylic acids is 2. The molecule has 0 saturated carbocycles. The molecule has 1 heterocycles. The van der Waals surface area contributed by atoms with Crippen LogP contribution in [0.1, 0.15) is 33.1 Å². The third-order valence-electron chi connectivity index (χ3n) is 2.45. The van der Waals surface area contributed by atoms with Crippen LogP contribution in [0.3, 0.4) is 0 Å². The summed E-state index contributed by atoms with van der Waals surface area (Å²) in [5.74, 6) is -0.278. The van der Waals surface area contributed by atoms with Gasteiger partial charge in [-0.3, -0.25) is 9.59 Å². The second-order valence-electron chi connectivity index (χ2n) is 4.10. The summed E-state index contributed by atoms with van der Waals surface area (Å²) in [5, 5.41) is 2.89. The number of ether oxygens (including phenoxy) is 1. The van der Waals surface area contributed by atoms with E-state index in [-0.39, 0.29) is 23.7 Å². The number of hydrogen-bond donors (Lipinski definition) is 1. The van der Waals surface area contributed by atoms with Crippen LogP contribution in [-0.4, -0.2) is 30.4 Å². The van der Waals surface area contributed by atoms with E-state index in [0.29, 0.717) is 13.2 Å². The molecule has 1 rings (SSSR count). The Labute approximate surface area is 84.0 Å². The highest BCUT2D eigenvalue weighted by molar-refractivity contribution is 5.97. The van der Waals surface area contributed by atoms with Crippen molar-refractivity contribution < 1.29 is 14.3 Å². The first kappa shape index (κ1) is 11.2. The van der Waals surface area contributed by atoms with Crippen molar-refractivity contribution in [3.63, 3.8) is 0 Å². The Kier molecular flexibility index (Phi) is 3.63. The minimum atomic E-state index is -0.190. The maximum Gasteiger partial charge on any atom is 0.227 e. The number of Topliss-reactive ketones (excluding diaryl/α,β-unsaturated/α-hetero) is 1. The van der Waals surface area contributed by atoms with Crippen molar-refractivity contribution >= 4 is 11.7 Å². The molecule has 0 atom stereocenters. The predicted molar refractivity (Wildman–Crippen MR) is 51.9 cm³/mol. The lowest BCUT2D eigenvalue weighted by Gasteiger charge is -2.34. The fourth-order valence-electron chi connectivity index (χ4n) is 1.55. The molecule has 1 fully saturated rings. The van der Waals surface area contributed by atoms with Crippen LogP contribution >= 0.6 is 0 Å². The summed E-state index contributed by atoms with van der Waals surface area (Å²) < 4.78 is 5.21. The van der Waals surface area contributed by atoms with Gasteiger partial charge in [0.05, 0.1) is 6.42 Å². The molecule has 1 saturated heterocycles. The molecule has 4 heteroatoms. The van der Waals surface area contributed by atoms with Gasteiger partial charge in [-0.15, -0.1) is 0 Å². The van der Waals surface area contributed by atoms with Crippen LogP contribution in [0, 0.1) is 0 Å². The Morgan fingerprint density at radius 3 is 2.43 bits per heavy atom. The van der Waals surface area contributed by atoms with E-state index in [1.54, 1.807) is 0 Å². The summed E-state index contributed by atoms with van der Waals surface area (Å²) in [5.41, 5.74) is -0.190. The maximum absolute atomic E-state index is 11.4. The lowest BCUT2D eigenvalue weighted by atomic mass is 9.92. The first-order valence-corrected chi connectivity index (χ1v) is 4.90. The summed E-state index contributed by atoms with van der Waals surface area (Å²) in [6.45, 7) is 4.77. The quantitative estimate of drug-likeness (QED) is 0.679. The van der Waals surface area contributed by atoms with Crippen LogP contribution in [0.4, 0.5) is 0 Å². The molecular weight excluding hydrogens is 182 g/mol. The first-order chi connectivity index (χ1) is 6.52. The standard InChI is InChI=1S/C10H17NO3/c1-8(12)7-9(13)11-10(2)3-5-14-6-4-10/h3-7H2,1-2H3,(H,11,13). The third-order valence-corrected chi connectivity index (χ3v) is 2.45. The van der Waals surface area contributed by atoms with Gasteiger partial charge in [-0.2, -0.15) is 0 Å². The largest absolute Gasteiger partial charge is 0.381 e. The maximum atomic E-state index is 11.4. The average molecular weight is 199 g/mol. The molecule has 0 bridgehead atoms. The van der Waals surface area contributed by atoms with E-state index >= 15 is 0 Å². The van der Waals surface area contributed by atoms with E-state index in [0.717, 1.165) is 12.8 Å². The highest BCUT2D eigenvalue weighted by atomic mass is 16.5. The first-order valence-electron chi connectivity index (χ1n) is 4.90. The number of carbonyl (C=O) groups is 2. The van der Waals surface area contributed by atoms with Crippen molar-refractivity contribution in [3.8, 4) is 0 Å². The number of hydrogen-bond acceptors (Lipinski definition) is 3. The number of nitrogens with one attached hydrogen (secondary N) is 1. The number of amides is 1. The van der Waals surface area contributed by atoms with E-state index in [1.807, 2.05) is 6.92 Å². The average Bonchev–Trinajstić information content (AvgIpc) is 2.02. The molecule has 0 aromatic rings. The molecule has 0 aromatic heterocycles. The van der Waals surface area contributed by atoms with Gasteiger partial charge in [-0.1, -0.05) is 0 Å². The van der Waals surface area contributed by atoms with E-state index in [1.165, 1.54) is 6.92 Å². The fourth-order valence-corrected chi connectivity index (χ4v) is 1.55. The van der Waals surface area contributed by atoms with Crippen molar-refractivity contribution in [3.05, 3.63) is 0 Å². The molecule has 1 aliphatic heterocycles. The summed E-state index contributed by atoms with van der Waals surface area (Å²) in [6.07, 6.45) is 1.61. The van der Waals surface area contributed by atoms with Crippen LogP contribution in [0.15, 0.2) is 0 Å². The van der Waals surface area contributed by atoms with E-state index in [2.05, 4.69) is 5.32 Å². The lowest BCUT2D eigenvalue weighted by molar-refractivity contribution is -0.129. The molecule has 4 nitrogen and oxygen atoms in total. The van der Waals surface area contributed by atoms with E-state index < -0.39 is 0 Å². The fraction of sp³-hybridized carbons (Fsp3) is 0.800. The highest BCUT2D eigenvalue weighted by Crippen LogP contribution is 2.19. The van der Waals surface area contributed by atoms with E-state index in [4.69, 9.17) is 4.74 Å². The highest BCUT2D eigenvalue weighted by Gasteiger charge is 2.28. The van der Waals surface area contributed by atoms with E-state index in [9.17, 15) is 9.59 Å². The van der Waals surface area contributed by atoms with Crippen molar-refractivity contribution in [2.45, 2.75) is 38.6 Å². The molecule has 1 N–H and O–H groups in total. The summed E-state index contributed by atoms with van der Waals surface area (Å²) >= 11 is 0. The predicted octanol–water partition coefficient (Wildman–Crippen LogP) is 0.651. The molecule has 80 valence electrons. The molecule has 0 aromatic carbocycles. The minimum Gasteiger partial charge on any atom is -0.381 e. The monoisotopic (exact) mass is 199 g/mol. The molecule has 0 aliphatic carbocycles. The third kappa shape index (κ3) is 3.46. The molecule has 0 spiro atoms.